The van der Waals surface area contributed by atoms with E-state index in [9.17, 15) is 19.5 Å². The van der Waals surface area contributed by atoms with E-state index in [1.54, 1.807) is 0 Å². The first-order chi connectivity index (χ1) is 9.91. The maximum Gasteiger partial charge on any atom is 0.333 e. The smallest absolute Gasteiger partial charge is 0.333 e. The normalized spacial score (nSPS) is 30.0. The lowest BCUT2D eigenvalue weighted by Gasteiger charge is -2.26. The molecule has 4 atom stereocenters. The van der Waals surface area contributed by atoms with Gasteiger partial charge in [-0.25, -0.2) is 4.79 Å². The zero-order chi connectivity index (χ0) is 15.6. The first-order valence-electron chi connectivity index (χ1n) is 7.14. The van der Waals surface area contributed by atoms with Crippen LogP contribution in [-0.2, 0) is 23.9 Å². The third kappa shape index (κ3) is 3.25. The summed E-state index contributed by atoms with van der Waals surface area (Å²) in [6.07, 6.45) is 2.56. The molecule has 0 aliphatic heterocycles. The van der Waals surface area contributed by atoms with E-state index < -0.39 is 29.7 Å². The first-order valence-corrected chi connectivity index (χ1v) is 7.14. The van der Waals surface area contributed by atoms with Gasteiger partial charge in [-0.1, -0.05) is 6.58 Å². The van der Waals surface area contributed by atoms with Crippen molar-refractivity contribution in [2.45, 2.75) is 26.2 Å². The fraction of sp³-hybridized carbons (Fsp3) is 0.667. The van der Waals surface area contributed by atoms with Crippen LogP contribution in [0.25, 0.3) is 0 Å². The van der Waals surface area contributed by atoms with Crippen molar-refractivity contribution in [2.75, 3.05) is 13.2 Å². The molecule has 0 radical (unpaired) electrons. The van der Waals surface area contributed by atoms with E-state index in [1.165, 1.54) is 6.92 Å². The van der Waals surface area contributed by atoms with Crippen LogP contribution in [0.1, 0.15) is 26.2 Å². The van der Waals surface area contributed by atoms with Gasteiger partial charge < -0.3 is 14.6 Å². The molecule has 2 rings (SSSR count). The van der Waals surface area contributed by atoms with Crippen LogP contribution in [0.5, 0.6) is 0 Å². The average molecular weight is 296 g/mol. The second kappa shape index (κ2) is 6.28. The second-order valence-electron chi connectivity index (χ2n) is 5.81. The van der Waals surface area contributed by atoms with E-state index >= 15 is 0 Å². The highest BCUT2D eigenvalue weighted by Gasteiger charge is 2.54. The molecule has 0 amide bonds. The molecule has 116 valence electrons. The Morgan fingerprint density at radius 3 is 2.24 bits per heavy atom. The highest BCUT2D eigenvalue weighted by atomic mass is 16.6. The molecule has 0 aromatic heterocycles. The monoisotopic (exact) mass is 296 g/mol. The van der Waals surface area contributed by atoms with Gasteiger partial charge in [0.25, 0.3) is 0 Å². The first kappa shape index (κ1) is 15.5. The van der Waals surface area contributed by atoms with E-state index in [4.69, 9.17) is 9.47 Å². The van der Waals surface area contributed by atoms with Crippen molar-refractivity contribution < 1.29 is 29.0 Å². The van der Waals surface area contributed by atoms with E-state index in [2.05, 4.69) is 6.58 Å². The van der Waals surface area contributed by atoms with Gasteiger partial charge in [-0.15, -0.1) is 0 Å². The number of fused-ring (bicyclic) bond motifs is 2. The van der Waals surface area contributed by atoms with Gasteiger partial charge in [0, 0.05) is 5.57 Å². The molecule has 0 aromatic rings. The van der Waals surface area contributed by atoms with Crippen LogP contribution >= 0.6 is 0 Å². The zero-order valence-electron chi connectivity index (χ0n) is 12.0. The molecule has 0 aromatic carbocycles. The molecule has 4 unspecified atom stereocenters. The minimum absolute atomic E-state index is 0.0456. The summed E-state index contributed by atoms with van der Waals surface area (Å²) in [5.41, 5.74) is 0.278. The molecular weight excluding hydrogens is 276 g/mol. The third-order valence-corrected chi connectivity index (χ3v) is 4.38. The van der Waals surface area contributed by atoms with Gasteiger partial charge in [-0.05, 0) is 38.0 Å². The Balaban J connectivity index is 1.82. The Morgan fingerprint density at radius 1 is 1.10 bits per heavy atom. The van der Waals surface area contributed by atoms with Crippen LogP contribution in [-0.4, -0.2) is 36.2 Å². The van der Waals surface area contributed by atoms with E-state index in [0.717, 1.165) is 19.3 Å². The molecule has 6 nitrogen and oxygen atoms in total. The summed E-state index contributed by atoms with van der Waals surface area (Å²) in [6, 6.07) is 0. The number of carboxylic acid groups (broad SMARTS) is 1. The van der Waals surface area contributed by atoms with Crippen molar-refractivity contribution >= 4 is 17.9 Å². The van der Waals surface area contributed by atoms with Gasteiger partial charge in [0.15, 0.2) is 0 Å². The Bertz CT molecular complexity index is 469. The summed E-state index contributed by atoms with van der Waals surface area (Å²) in [4.78, 5) is 34.5. The summed E-state index contributed by atoms with van der Waals surface area (Å²) in [5.74, 6) is -2.92. The van der Waals surface area contributed by atoms with Crippen molar-refractivity contribution in [3.05, 3.63) is 12.2 Å². The molecule has 2 aliphatic rings. The summed E-state index contributed by atoms with van der Waals surface area (Å²) >= 11 is 0. The van der Waals surface area contributed by atoms with Crippen LogP contribution in [0.2, 0.25) is 0 Å². The summed E-state index contributed by atoms with van der Waals surface area (Å²) in [6.45, 7) is 4.87. The Kier molecular flexibility index (Phi) is 4.65. The number of carboxylic acids is 1. The van der Waals surface area contributed by atoms with Crippen molar-refractivity contribution in [3.63, 3.8) is 0 Å². The lowest BCUT2D eigenvalue weighted by atomic mass is 9.79. The number of carbonyl (C=O) groups is 3. The standard InChI is InChI=1S/C15H20O6/c1-8(2)14(18)20-5-6-21-15(19)12-10-4-3-9(7-10)11(12)13(16)17/h9-12H,1,3-7H2,2H3,(H,16,17). The lowest BCUT2D eigenvalue weighted by Crippen LogP contribution is -2.36. The molecule has 21 heavy (non-hydrogen) atoms. The van der Waals surface area contributed by atoms with Gasteiger partial charge in [0.05, 0.1) is 11.8 Å². The lowest BCUT2D eigenvalue weighted by molar-refractivity contribution is -0.162. The van der Waals surface area contributed by atoms with Gasteiger partial charge in [-0.3, -0.25) is 9.59 Å². The molecule has 2 fully saturated rings. The number of rotatable bonds is 6. The SMILES string of the molecule is C=C(C)C(=O)OCCOC(=O)C1C2CCC(C2)C1C(=O)O. The predicted molar refractivity (Wildman–Crippen MR) is 72.2 cm³/mol. The maximum absolute atomic E-state index is 12.1. The Labute approximate surface area is 123 Å². The Morgan fingerprint density at radius 2 is 1.67 bits per heavy atom. The molecule has 2 aliphatic carbocycles. The minimum Gasteiger partial charge on any atom is -0.481 e. The van der Waals surface area contributed by atoms with Gasteiger partial charge in [-0.2, -0.15) is 0 Å². The molecular formula is C15H20O6. The van der Waals surface area contributed by atoms with Crippen LogP contribution in [0.4, 0.5) is 0 Å². The number of esters is 2. The average Bonchev–Trinajstić information content (AvgIpc) is 3.03. The summed E-state index contributed by atoms with van der Waals surface area (Å²) < 4.78 is 9.90. The van der Waals surface area contributed by atoms with Crippen LogP contribution in [0, 0.1) is 23.7 Å². The highest BCUT2D eigenvalue weighted by Crippen LogP contribution is 2.52. The van der Waals surface area contributed by atoms with Crippen molar-refractivity contribution in [1.29, 1.82) is 0 Å². The molecule has 2 bridgehead atoms. The molecule has 2 saturated carbocycles. The molecule has 0 heterocycles. The molecule has 0 saturated heterocycles. The van der Waals surface area contributed by atoms with Crippen LogP contribution < -0.4 is 0 Å². The number of hydrogen-bond donors (Lipinski definition) is 1. The number of aliphatic carboxylic acids is 1. The van der Waals surface area contributed by atoms with E-state index in [-0.39, 0.29) is 30.6 Å². The number of hydrogen-bond acceptors (Lipinski definition) is 5. The third-order valence-electron chi connectivity index (χ3n) is 4.38. The largest absolute Gasteiger partial charge is 0.481 e. The fourth-order valence-corrected chi connectivity index (χ4v) is 3.48. The Hall–Kier alpha value is -1.85. The fourth-order valence-electron chi connectivity index (χ4n) is 3.48. The van der Waals surface area contributed by atoms with Crippen molar-refractivity contribution in [3.8, 4) is 0 Å². The topological polar surface area (TPSA) is 89.9 Å². The van der Waals surface area contributed by atoms with Crippen LogP contribution in [0.3, 0.4) is 0 Å². The zero-order valence-corrected chi connectivity index (χ0v) is 12.0. The molecule has 6 heteroatoms. The predicted octanol–water partition coefficient (Wildman–Crippen LogP) is 1.40. The summed E-state index contributed by atoms with van der Waals surface area (Å²) in [5, 5.41) is 9.27. The van der Waals surface area contributed by atoms with E-state index in [0.29, 0.717) is 0 Å². The quantitative estimate of drug-likeness (QED) is 0.452. The van der Waals surface area contributed by atoms with Gasteiger partial charge in [0.1, 0.15) is 13.2 Å². The minimum atomic E-state index is -0.919. The van der Waals surface area contributed by atoms with Gasteiger partial charge in [0.2, 0.25) is 0 Å². The number of carbonyl (C=O) groups excluding carboxylic acids is 2. The highest BCUT2D eigenvalue weighted by molar-refractivity contribution is 5.87. The van der Waals surface area contributed by atoms with Crippen molar-refractivity contribution in [2.24, 2.45) is 23.7 Å². The van der Waals surface area contributed by atoms with Crippen LogP contribution in [0.15, 0.2) is 12.2 Å². The second-order valence-corrected chi connectivity index (χ2v) is 5.81. The summed E-state index contributed by atoms with van der Waals surface area (Å²) in [7, 11) is 0. The van der Waals surface area contributed by atoms with Gasteiger partial charge >= 0.3 is 17.9 Å². The maximum atomic E-state index is 12.1. The number of ether oxygens (including phenoxy) is 2. The van der Waals surface area contributed by atoms with E-state index in [1.807, 2.05) is 0 Å². The molecule has 1 N–H and O–H groups in total. The molecule has 0 spiro atoms. The van der Waals surface area contributed by atoms with Crippen molar-refractivity contribution in [1.82, 2.24) is 0 Å².